The van der Waals surface area contributed by atoms with Crippen molar-refractivity contribution in [2.24, 2.45) is 14.1 Å². The summed E-state index contributed by atoms with van der Waals surface area (Å²) in [6.45, 7) is 1.11. The van der Waals surface area contributed by atoms with Crippen molar-refractivity contribution in [3.63, 3.8) is 0 Å². The Morgan fingerprint density at radius 2 is 1.81 bits per heavy atom. The summed E-state index contributed by atoms with van der Waals surface area (Å²) < 4.78 is 16.1. The van der Waals surface area contributed by atoms with Crippen LogP contribution in [0.4, 0.5) is 15.9 Å². The van der Waals surface area contributed by atoms with Crippen LogP contribution in [0.25, 0.3) is 0 Å². The normalized spacial score (nSPS) is 14.9. The molecule has 2 aromatic rings. The van der Waals surface area contributed by atoms with Gasteiger partial charge < -0.3 is 10.2 Å². The number of nitrogens with zero attached hydrogens (tertiary/aromatic N) is 4. The molecule has 1 saturated heterocycles. The Kier molecular flexibility index (Phi) is 4.80. The molecule has 1 N–H and O–H groups in total. The van der Waals surface area contributed by atoms with Gasteiger partial charge in [0, 0.05) is 33.2 Å². The summed E-state index contributed by atoms with van der Waals surface area (Å²) in [6, 6.07) is 8.53. The minimum Gasteiger partial charge on any atom is -0.380 e. The lowest BCUT2D eigenvalue weighted by Crippen LogP contribution is -2.46. The molecule has 1 aliphatic rings. The van der Waals surface area contributed by atoms with Gasteiger partial charge in [-0.05, 0) is 25.0 Å². The highest BCUT2D eigenvalue weighted by Crippen LogP contribution is 2.23. The third-order valence-electron chi connectivity index (χ3n) is 4.77. The Bertz CT molecular complexity index is 981. The van der Waals surface area contributed by atoms with Crippen LogP contribution in [-0.4, -0.2) is 28.3 Å². The number of aromatic nitrogens is 2. The Morgan fingerprint density at radius 1 is 1.15 bits per heavy atom. The van der Waals surface area contributed by atoms with Gasteiger partial charge in [-0.25, -0.2) is 9.18 Å². The molecule has 1 aromatic carbocycles. The van der Waals surface area contributed by atoms with Crippen molar-refractivity contribution in [2.45, 2.75) is 18.9 Å². The predicted octanol–water partition coefficient (Wildman–Crippen LogP) is 1.18. The van der Waals surface area contributed by atoms with E-state index in [9.17, 15) is 19.2 Å². The number of nitrogens with one attached hydrogen (secondary N) is 1. The summed E-state index contributed by atoms with van der Waals surface area (Å²) in [5.41, 5.74) is -0.618. The largest absolute Gasteiger partial charge is 0.380 e. The second-order valence-electron chi connectivity index (χ2n) is 6.40. The molecular weight excluding hydrogens is 337 g/mol. The van der Waals surface area contributed by atoms with Crippen LogP contribution in [0.1, 0.15) is 18.4 Å². The molecule has 0 bridgehead atoms. The third kappa shape index (κ3) is 3.08. The zero-order valence-electron chi connectivity index (χ0n) is 14.7. The van der Waals surface area contributed by atoms with Gasteiger partial charge in [-0.2, -0.15) is 5.26 Å². The summed E-state index contributed by atoms with van der Waals surface area (Å²) in [4.78, 5) is 26.3. The van der Waals surface area contributed by atoms with Gasteiger partial charge in [0.2, 0.25) is 0 Å². The van der Waals surface area contributed by atoms with Gasteiger partial charge >= 0.3 is 5.69 Å². The first-order valence-corrected chi connectivity index (χ1v) is 8.40. The highest BCUT2D eigenvalue weighted by Gasteiger charge is 2.26. The molecule has 0 saturated carbocycles. The molecule has 0 atom stereocenters. The maximum absolute atomic E-state index is 13.8. The number of hydrogen-bond acceptors (Lipinski definition) is 5. The molecule has 26 heavy (non-hydrogen) atoms. The zero-order chi connectivity index (χ0) is 18.8. The topological polar surface area (TPSA) is 83.1 Å². The fourth-order valence-electron chi connectivity index (χ4n) is 3.34. The van der Waals surface area contributed by atoms with Crippen LogP contribution in [-0.2, 0) is 14.1 Å². The van der Waals surface area contributed by atoms with Crippen LogP contribution in [0.3, 0.4) is 0 Å². The Balaban J connectivity index is 1.81. The minimum atomic E-state index is -0.586. The van der Waals surface area contributed by atoms with Gasteiger partial charge in [0.05, 0.1) is 5.69 Å². The van der Waals surface area contributed by atoms with E-state index in [1.165, 1.54) is 17.7 Å². The predicted molar refractivity (Wildman–Crippen MR) is 96.9 cm³/mol. The molecule has 2 heterocycles. The van der Waals surface area contributed by atoms with E-state index in [0.717, 1.165) is 4.57 Å². The summed E-state index contributed by atoms with van der Waals surface area (Å²) in [6.07, 6.45) is 1.39. The number of halogens is 1. The number of hydrogen-bond donors (Lipinski definition) is 1. The van der Waals surface area contributed by atoms with Gasteiger partial charge in [-0.3, -0.25) is 13.9 Å². The van der Waals surface area contributed by atoms with E-state index in [0.29, 0.717) is 37.4 Å². The fraction of sp³-hybridized carbons (Fsp3) is 0.389. The van der Waals surface area contributed by atoms with Crippen molar-refractivity contribution in [2.75, 3.05) is 23.3 Å². The maximum atomic E-state index is 13.8. The van der Waals surface area contributed by atoms with E-state index < -0.39 is 11.2 Å². The molecular formula is C18H20FN5O2. The minimum absolute atomic E-state index is 0.0323. The molecule has 1 aliphatic heterocycles. The van der Waals surface area contributed by atoms with Crippen molar-refractivity contribution in [3.05, 3.63) is 56.5 Å². The van der Waals surface area contributed by atoms with Crippen LogP contribution in [0.5, 0.6) is 0 Å². The molecule has 0 unspecified atom stereocenters. The molecule has 0 spiro atoms. The number of nitriles is 1. The Morgan fingerprint density at radius 3 is 2.42 bits per heavy atom. The quantitative estimate of drug-likeness (QED) is 0.892. The van der Waals surface area contributed by atoms with E-state index in [2.05, 4.69) is 5.32 Å². The molecule has 1 fully saturated rings. The molecule has 3 rings (SSSR count). The summed E-state index contributed by atoms with van der Waals surface area (Å²) in [7, 11) is 2.92. The van der Waals surface area contributed by atoms with E-state index >= 15 is 0 Å². The van der Waals surface area contributed by atoms with Crippen LogP contribution in [0, 0.1) is 17.1 Å². The third-order valence-corrected chi connectivity index (χ3v) is 4.77. The monoisotopic (exact) mass is 357 g/mol. The van der Waals surface area contributed by atoms with E-state index in [-0.39, 0.29) is 17.4 Å². The standard InChI is InChI=1S/C18H20FN5O2/c1-22-16(13(11-20)17(25)23(2)18(22)26)24-9-7-12(8-10-24)21-15-6-4-3-5-14(15)19/h3-6,12,21H,7-10H2,1-2H3. The second kappa shape index (κ2) is 7.04. The van der Waals surface area contributed by atoms with Crippen LogP contribution in [0.15, 0.2) is 33.9 Å². The smallest absolute Gasteiger partial charge is 0.332 e. The van der Waals surface area contributed by atoms with E-state index in [1.807, 2.05) is 11.0 Å². The molecule has 0 aliphatic carbocycles. The second-order valence-corrected chi connectivity index (χ2v) is 6.40. The van der Waals surface area contributed by atoms with Gasteiger partial charge in [-0.15, -0.1) is 0 Å². The molecule has 0 amide bonds. The number of rotatable bonds is 3. The Hall–Kier alpha value is -3.08. The summed E-state index contributed by atoms with van der Waals surface area (Å²) in [5, 5.41) is 12.6. The zero-order valence-corrected chi connectivity index (χ0v) is 14.7. The van der Waals surface area contributed by atoms with Gasteiger partial charge in [0.25, 0.3) is 5.56 Å². The highest BCUT2D eigenvalue weighted by molar-refractivity contribution is 5.54. The molecule has 136 valence electrons. The SMILES string of the molecule is Cn1c(N2CCC(Nc3ccccc3F)CC2)c(C#N)c(=O)n(C)c1=O. The van der Waals surface area contributed by atoms with Crippen LogP contribution < -0.4 is 21.5 Å². The molecule has 1 aromatic heterocycles. The number of anilines is 2. The van der Waals surface area contributed by atoms with E-state index in [4.69, 9.17) is 0 Å². The summed E-state index contributed by atoms with van der Waals surface area (Å²) in [5.74, 6) is 0.0561. The lowest BCUT2D eigenvalue weighted by atomic mass is 10.0. The first-order chi connectivity index (χ1) is 12.4. The first-order valence-electron chi connectivity index (χ1n) is 8.40. The van der Waals surface area contributed by atoms with Crippen LogP contribution >= 0.6 is 0 Å². The van der Waals surface area contributed by atoms with Crippen molar-refractivity contribution in [3.8, 4) is 6.07 Å². The first kappa shape index (κ1) is 17.7. The average Bonchev–Trinajstić information content (AvgIpc) is 2.65. The number of piperidine rings is 1. The van der Waals surface area contributed by atoms with Gasteiger partial charge in [0.1, 0.15) is 17.7 Å². The van der Waals surface area contributed by atoms with Crippen molar-refractivity contribution >= 4 is 11.5 Å². The highest BCUT2D eigenvalue weighted by atomic mass is 19.1. The van der Waals surface area contributed by atoms with Gasteiger partial charge in [0.15, 0.2) is 5.56 Å². The van der Waals surface area contributed by atoms with Crippen molar-refractivity contribution in [1.29, 1.82) is 5.26 Å². The number of para-hydroxylation sites is 1. The molecule has 0 radical (unpaired) electrons. The number of benzene rings is 1. The maximum Gasteiger partial charge on any atom is 0.332 e. The summed E-state index contributed by atoms with van der Waals surface area (Å²) >= 11 is 0. The average molecular weight is 357 g/mol. The van der Waals surface area contributed by atoms with Crippen molar-refractivity contribution < 1.29 is 4.39 Å². The fourth-order valence-corrected chi connectivity index (χ4v) is 3.34. The lowest BCUT2D eigenvalue weighted by Gasteiger charge is -2.35. The molecule has 7 nitrogen and oxygen atoms in total. The van der Waals surface area contributed by atoms with Crippen LogP contribution in [0.2, 0.25) is 0 Å². The lowest BCUT2D eigenvalue weighted by molar-refractivity contribution is 0.509. The van der Waals surface area contributed by atoms with Gasteiger partial charge in [-0.1, -0.05) is 12.1 Å². The Labute approximate surface area is 149 Å². The van der Waals surface area contributed by atoms with E-state index in [1.54, 1.807) is 25.2 Å². The molecule has 8 heteroatoms. The van der Waals surface area contributed by atoms with Crippen molar-refractivity contribution in [1.82, 2.24) is 9.13 Å².